The summed E-state index contributed by atoms with van der Waals surface area (Å²) in [6.07, 6.45) is 2.19. The summed E-state index contributed by atoms with van der Waals surface area (Å²) < 4.78 is 18.8. The molecule has 0 aliphatic carbocycles. The molecule has 8 heteroatoms. The molecule has 1 atom stereocenters. The highest BCUT2D eigenvalue weighted by Crippen LogP contribution is 2.21. The number of halogens is 1. The molecule has 1 aliphatic rings. The van der Waals surface area contributed by atoms with Crippen LogP contribution < -0.4 is 4.74 Å². The zero-order valence-electron chi connectivity index (χ0n) is 13.8. The minimum absolute atomic E-state index is 0.116. The molecule has 26 heavy (non-hydrogen) atoms. The van der Waals surface area contributed by atoms with Crippen LogP contribution in [0.1, 0.15) is 16.9 Å². The smallest absolute Gasteiger partial charge is 0.272 e. The van der Waals surface area contributed by atoms with E-state index in [9.17, 15) is 9.18 Å². The number of hydrogen-bond donors (Lipinski definition) is 1. The maximum Gasteiger partial charge on any atom is 0.272 e. The summed E-state index contributed by atoms with van der Waals surface area (Å²) in [5.74, 6) is -0.00478. The van der Waals surface area contributed by atoms with Gasteiger partial charge in [-0.05, 0) is 36.4 Å². The quantitative estimate of drug-likeness (QED) is 0.778. The Labute approximate surface area is 148 Å². The maximum atomic E-state index is 13.0. The molecule has 4 rings (SSSR count). The summed E-state index contributed by atoms with van der Waals surface area (Å²) in [6, 6.07) is 11.1. The average molecular weight is 353 g/mol. The van der Waals surface area contributed by atoms with E-state index in [2.05, 4.69) is 20.4 Å². The van der Waals surface area contributed by atoms with Crippen molar-refractivity contribution in [3.05, 3.63) is 60.2 Å². The lowest BCUT2D eigenvalue weighted by Gasteiger charge is -2.15. The molecular formula is C18H16FN5O2. The second kappa shape index (κ2) is 6.91. The van der Waals surface area contributed by atoms with Crippen LogP contribution in [0.15, 0.2) is 48.7 Å². The van der Waals surface area contributed by atoms with E-state index < -0.39 is 0 Å². The first kappa shape index (κ1) is 16.2. The summed E-state index contributed by atoms with van der Waals surface area (Å²) in [7, 11) is 0. The first-order chi connectivity index (χ1) is 12.7. The maximum absolute atomic E-state index is 13.0. The molecule has 0 radical (unpaired) electrons. The van der Waals surface area contributed by atoms with Crippen LogP contribution in [-0.4, -0.2) is 50.4 Å². The van der Waals surface area contributed by atoms with Gasteiger partial charge in [-0.2, -0.15) is 10.2 Å². The van der Waals surface area contributed by atoms with E-state index in [1.807, 2.05) is 0 Å². The Morgan fingerprint density at radius 1 is 1.27 bits per heavy atom. The molecule has 1 aliphatic heterocycles. The largest absolute Gasteiger partial charge is 0.471 e. The molecule has 1 aromatic carbocycles. The van der Waals surface area contributed by atoms with Crippen molar-refractivity contribution >= 4 is 5.91 Å². The van der Waals surface area contributed by atoms with Gasteiger partial charge < -0.3 is 9.64 Å². The van der Waals surface area contributed by atoms with Gasteiger partial charge in [-0.15, -0.1) is 5.10 Å². The van der Waals surface area contributed by atoms with Gasteiger partial charge in [0.05, 0.1) is 12.2 Å². The summed E-state index contributed by atoms with van der Waals surface area (Å²) in [5.41, 5.74) is 1.73. The monoisotopic (exact) mass is 353 g/mol. The Hall–Kier alpha value is -3.29. The second-order valence-corrected chi connectivity index (χ2v) is 6.02. The number of nitrogens with zero attached hydrogens (tertiary/aromatic N) is 4. The third-order valence-corrected chi connectivity index (χ3v) is 4.22. The number of amides is 1. The molecule has 1 amide bonds. The molecule has 1 fully saturated rings. The Morgan fingerprint density at radius 3 is 2.88 bits per heavy atom. The van der Waals surface area contributed by atoms with E-state index in [4.69, 9.17) is 4.74 Å². The van der Waals surface area contributed by atoms with Crippen LogP contribution in [-0.2, 0) is 0 Å². The fraction of sp³-hybridized carbons (Fsp3) is 0.222. The predicted molar refractivity (Wildman–Crippen MR) is 91.0 cm³/mol. The van der Waals surface area contributed by atoms with Crippen LogP contribution in [0.25, 0.3) is 11.3 Å². The molecule has 7 nitrogen and oxygen atoms in total. The zero-order chi connectivity index (χ0) is 17.9. The standard InChI is InChI=1S/C18H16FN5O2/c19-13-5-3-12(4-6-13)15-10-16(22-21-15)18(25)24-9-7-14(11-24)26-17-2-1-8-20-23-17/h1-6,8,10,14H,7,9,11H2,(H,21,22). The number of ether oxygens (including phenoxy) is 1. The summed E-state index contributed by atoms with van der Waals surface area (Å²) >= 11 is 0. The highest BCUT2D eigenvalue weighted by molar-refractivity contribution is 5.93. The number of aromatic nitrogens is 4. The van der Waals surface area contributed by atoms with Crippen LogP contribution in [0.2, 0.25) is 0 Å². The third kappa shape index (κ3) is 3.39. The van der Waals surface area contributed by atoms with E-state index in [0.29, 0.717) is 30.4 Å². The molecule has 3 heterocycles. The molecule has 1 saturated heterocycles. The SMILES string of the molecule is O=C(c1cc(-c2ccc(F)cc2)n[nH]1)N1CCC(Oc2cccnn2)C1. The van der Waals surface area contributed by atoms with Crippen molar-refractivity contribution in [2.24, 2.45) is 0 Å². The molecule has 0 saturated carbocycles. The highest BCUT2D eigenvalue weighted by Gasteiger charge is 2.29. The third-order valence-electron chi connectivity index (χ3n) is 4.22. The van der Waals surface area contributed by atoms with Crippen LogP contribution in [0.3, 0.4) is 0 Å². The Kier molecular flexibility index (Phi) is 4.30. The topological polar surface area (TPSA) is 84.0 Å². The predicted octanol–water partition coefficient (Wildman–Crippen LogP) is 2.30. The van der Waals surface area contributed by atoms with Crippen molar-refractivity contribution in [1.82, 2.24) is 25.3 Å². The van der Waals surface area contributed by atoms with Gasteiger partial charge in [-0.1, -0.05) is 0 Å². The Bertz CT molecular complexity index is 897. The van der Waals surface area contributed by atoms with Crippen molar-refractivity contribution in [1.29, 1.82) is 0 Å². The van der Waals surface area contributed by atoms with Crippen LogP contribution >= 0.6 is 0 Å². The van der Waals surface area contributed by atoms with Crippen molar-refractivity contribution in [3.63, 3.8) is 0 Å². The molecule has 0 spiro atoms. The fourth-order valence-corrected chi connectivity index (χ4v) is 2.90. The number of carbonyl (C=O) groups excluding carboxylic acids is 1. The lowest BCUT2D eigenvalue weighted by molar-refractivity contribution is 0.0765. The number of carbonyl (C=O) groups is 1. The number of rotatable bonds is 4. The van der Waals surface area contributed by atoms with Gasteiger partial charge in [0.15, 0.2) is 0 Å². The lowest BCUT2D eigenvalue weighted by atomic mass is 10.1. The normalized spacial score (nSPS) is 16.7. The van der Waals surface area contributed by atoms with Gasteiger partial charge in [0.1, 0.15) is 17.6 Å². The number of likely N-dealkylation sites (tertiary alicyclic amines) is 1. The molecule has 0 bridgehead atoms. The first-order valence-corrected chi connectivity index (χ1v) is 8.24. The second-order valence-electron chi connectivity index (χ2n) is 6.02. The van der Waals surface area contributed by atoms with Crippen molar-refractivity contribution in [2.75, 3.05) is 13.1 Å². The molecule has 2 aromatic heterocycles. The van der Waals surface area contributed by atoms with Crippen LogP contribution in [0.5, 0.6) is 5.88 Å². The van der Waals surface area contributed by atoms with Crippen molar-refractivity contribution in [2.45, 2.75) is 12.5 Å². The number of nitrogens with one attached hydrogen (secondary N) is 1. The molecular weight excluding hydrogens is 337 g/mol. The van der Waals surface area contributed by atoms with Gasteiger partial charge in [-0.3, -0.25) is 9.89 Å². The summed E-state index contributed by atoms with van der Waals surface area (Å²) in [4.78, 5) is 14.4. The van der Waals surface area contributed by atoms with E-state index in [0.717, 1.165) is 12.0 Å². The minimum atomic E-state index is -0.313. The van der Waals surface area contributed by atoms with E-state index in [-0.39, 0.29) is 17.8 Å². The highest BCUT2D eigenvalue weighted by atomic mass is 19.1. The number of aromatic amines is 1. The number of hydrogen-bond acceptors (Lipinski definition) is 5. The molecule has 3 aromatic rings. The van der Waals surface area contributed by atoms with Gasteiger partial charge in [0, 0.05) is 30.8 Å². The van der Waals surface area contributed by atoms with E-state index >= 15 is 0 Å². The van der Waals surface area contributed by atoms with Gasteiger partial charge in [-0.25, -0.2) is 4.39 Å². The number of benzene rings is 1. The number of H-pyrrole nitrogens is 1. The summed E-state index contributed by atoms with van der Waals surface area (Å²) in [6.45, 7) is 1.06. The average Bonchev–Trinajstić information content (AvgIpc) is 3.33. The van der Waals surface area contributed by atoms with Gasteiger partial charge in [0.25, 0.3) is 5.91 Å². The molecule has 1 unspecified atom stereocenters. The molecule has 132 valence electrons. The van der Waals surface area contributed by atoms with E-state index in [1.54, 1.807) is 41.4 Å². The van der Waals surface area contributed by atoms with Gasteiger partial charge >= 0.3 is 0 Å². The Balaban J connectivity index is 1.41. The first-order valence-electron chi connectivity index (χ1n) is 8.24. The molecule has 1 N–H and O–H groups in total. The van der Waals surface area contributed by atoms with Crippen molar-refractivity contribution in [3.8, 4) is 17.1 Å². The van der Waals surface area contributed by atoms with Crippen LogP contribution in [0, 0.1) is 5.82 Å². The van der Waals surface area contributed by atoms with E-state index in [1.165, 1.54) is 12.1 Å². The Morgan fingerprint density at radius 2 is 2.12 bits per heavy atom. The van der Waals surface area contributed by atoms with Crippen LogP contribution in [0.4, 0.5) is 4.39 Å². The lowest BCUT2D eigenvalue weighted by Crippen LogP contribution is -2.31. The minimum Gasteiger partial charge on any atom is -0.471 e. The zero-order valence-corrected chi connectivity index (χ0v) is 13.8. The summed E-state index contributed by atoms with van der Waals surface area (Å²) in [5, 5.41) is 14.6. The van der Waals surface area contributed by atoms with Crippen molar-refractivity contribution < 1.29 is 13.9 Å². The fourth-order valence-electron chi connectivity index (χ4n) is 2.90. The van der Waals surface area contributed by atoms with Gasteiger partial charge in [0.2, 0.25) is 5.88 Å².